The van der Waals surface area contributed by atoms with Crippen LogP contribution < -0.4 is 0 Å². The fourth-order valence-corrected chi connectivity index (χ4v) is 1.29. The van der Waals surface area contributed by atoms with Crippen molar-refractivity contribution in [3.63, 3.8) is 0 Å². The fraction of sp³-hybridized carbons (Fsp3) is 0.125. The van der Waals surface area contributed by atoms with Crippen molar-refractivity contribution in [2.24, 2.45) is 5.16 Å². The second-order valence-corrected chi connectivity index (χ2v) is 2.67. The number of benzene rings is 1. The molecule has 0 spiro atoms. The number of hydrogen-bond acceptors (Lipinski definition) is 2. The summed E-state index contributed by atoms with van der Waals surface area (Å²) in [4.78, 5) is 4.86. The lowest BCUT2D eigenvalue weighted by molar-refractivity contribution is 0.127. The predicted octanol–water partition coefficient (Wildman–Crippen LogP) is 2.12. The Bertz CT molecular complexity index is 309. The molecule has 1 aromatic carbocycles. The molecule has 0 bridgehead atoms. The quantitative estimate of drug-likeness (QED) is 0.580. The Kier molecular flexibility index (Phi) is 1.55. The number of oxime groups is 1. The average Bonchev–Trinajstić information content (AvgIpc) is 2.06. The summed E-state index contributed by atoms with van der Waals surface area (Å²) in [6.45, 7) is 0.520. The number of hydrogen-bond donors (Lipinski definition) is 0. The van der Waals surface area contributed by atoms with Gasteiger partial charge in [0.05, 0.1) is 0 Å². The van der Waals surface area contributed by atoms with Gasteiger partial charge in [0.25, 0.3) is 0 Å². The monoisotopic (exact) mass is 167 g/mol. The molecule has 0 saturated carbocycles. The molecule has 2 rings (SSSR count). The van der Waals surface area contributed by atoms with E-state index in [9.17, 15) is 0 Å². The summed E-state index contributed by atoms with van der Waals surface area (Å²) >= 11 is 5.77. The fourth-order valence-electron chi connectivity index (χ4n) is 1.06. The van der Waals surface area contributed by atoms with E-state index in [1.807, 2.05) is 24.3 Å². The van der Waals surface area contributed by atoms with E-state index in [1.165, 1.54) is 0 Å². The normalized spacial score (nSPS) is 14.8. The van der Waals surface area contributed by atoms with Gasteiger partial charge in [-0.1, -0.05) is 41.0 Å². The minimum Gasteiger partial charge on any atom is -0.390 e. The third kappa shape index (κ3) is 1.10. The summed E-state index contributed by atoms with van der Waals surface area (Å²) in [5.41, 5.74) is 2.06. The van der Waals surface area contributed by atoms with Gasteiger partial charge >= 0.3 is 0 Å². The van der Waals surface area contributed by atoms with Gasteiger partial charge in [-0.3, -0.25) is 0 Å². The molecule has 0 atom stereocenters. The molecule has 0 N–H and O–H groups in total. The minimum atomic E-state index is 0.437. The smallest absolute Gasteiger partial charge is 0.175 e. The van der Waals surface area contributed by atoms with E-state index in [1.54, 1.807) is 0 Å². The van der Waals surface area contributed by atoms with Gasteiger partial charge < -0.3 is 4.84 Å². The first-order chi connectivity index (χ1) is 5.38. The van der Waals surface area contributed by atoms with Crippen molar-refractivity contribution in [2.45, 2.75) is 6.61 Å². The van der Waals surface area contributed by atoms with Crippen LogP contribution in [0.1, 0.15) is 11.1 Å². The predicted molar refractivity (Wildman–Crippen MR) is 43.6 cm³/mol. The Morgan fingerprint density at radius 1 is 1.36 bits per heavy atom. The van der Waals surface area contributed by atoms with Gasteiger partial charge in [0.2, 0.25) is 0 Å². The summed E-state index contributed by atoms with van der Waals surface area (Å²) in [7, 11) is 0. The maximum absolute atomic E-state index is 5.77. The van der Waals surface area contributed by atoms with Crippen molar-refractivity contribution in [3.05, 3.63) is 35.4 Å². The van der Waals surface area contributed by atoms with Gasteiger partial charge in [-0.15, -0.1) is 0 Å². The van der Waals surface area contributed by atoms with Gasteiger partial charge in [0.15, 0.2) is 5.17 Å². The molecule has 11 heavy (non-hydrogen) atoms. The molecule has 1 aliphatic heterocycles. The third-order valence-electron chi connectivity index (χ3n) is 1.60. The van der Waals surface area contributed by atoms with Gasteiger partial charge in [-0.2, -0.15) is 0 Å². The first-order valence-corrected chi connectivity index (χ1v) is 3.69. The molecule has 0 aromatic heterocycles. The van der Waals surface area contributed by atoms with Crippen molar-refractivity contribution in [1.29, 1.82) is 0 Å². The molecular weight excluding hydrogens is 162 g/mol. The number of fused-ring (bicyclic) bond motifs is 1. The highest BCUT2D eigenvalue weighted by Crippen LogP contribution is 2.17. The van der Waals surface area contributed by atoms with Crippen LogP contribution in [0.25, 0.3) is 0 Å². The van der Waals surface area contributed by atoms with Crippen LogP contribution in [0.5, 0.6) is 0 Å². The largest absolute Gasteiger partial charge is 0.390 e. The van der Waals surface area contributed by atoms with Gasteiger partial charge in [0.1, 0.15) is 6.61 Å². The third-order valence-corrected chi connectivity index (χ3v) is 1.88. The minimum absolute atomic E-state index is 0.437. The Morgan fingerprint density at radius 2 is 2.18 bits per heavy atom. The van der Waals surface area contributed by atoms with Crippen LogP contribution >= 0.6 is 11.6 Å². The molecule has 3 heteroatoms. The Labute approximate surface area is 69.4 Å². The van der Waals surface area contributed by atoms with Crippen LogP contribution in [0, 0.1) is 0 Å². The number of rotatable bonds is 0. The lowest BCUT2D eigenvalue weighted by atomic mass is 10.1. The molecule has 0 amide bonds. The second kappa shape index (κ2) is 2.55. The van der Waals surface area contributed by atoms with E-state index >= 15 is 0 Å². The molecule has 0 unspecified atom stereocenters. The molecule has 2 nitrogen and oxygen atoms in total. The molecule has 0 saturated heterocycles. The molecule has 1 aromatic rings. The molecule has 0 fully saturated rings. The summed E-state index contributed by atoms with van der Waals surface area (Å²) in [5.74, 6) is 0. The zero-order chi connectivity index (χ0) is 7.68. The van der Waals surface area contributed by atoms with Crippen LogP contribution in [0.15, 0.2) is 29.4 Å². The topological polar surface area (TPSA) is 21.6 Å². The van der Waals surface area contributed by atoms with E-state index in [-0.39, 0.29) is 0 Å². The van der Waals surface area contributed by atoms with E-state index in [0.717, 1.165) is 11.1 Å². The van der Waals surface area contributed by atoms with Crippen LogP contribution in [-0.4, -0.2) is 5.17 Å². The van der Waals surface area contributed by atoms with Crippen LogP contribution in [0.3, 0.4) is 0 Å². The van der Waals surface area contributed by atoms with Crippen LogP contribution in [0.2, 0.25) is 0 Å². The molecule has 56 valence electrons. The summed E-state index contributed by atoms with van der Waals surface area (Å²) in [6, 6.07) is 7.80. The van der Waals surface area contributed by atoms with Crippen molar-refractivity contribution >= 4 is 16.8 Å². The standard InChI is InChI=1S/C8H6ClNO/c9-8-7-4-2-1-3-6(7)5-11-10-8/h1-4H,5H2. The lowest BCUT2D eigenvalue weighted by Gasteiger charge is -2.11. The summed E-state index contributed by atoms with van der Waals surface area (Å²) in [5, 5.41) is 4.09. The highest BCUT2D eigenvalue weighted by Gasteiger charge is 2.11. The van der Waals surface area contributed by atoms with Crippen LogP contribution in [0.4, 0.5) is 0 Å². The second-order valence-electron chi connectivity index (χ2n) is 2.31. The number of halogens is 1. The Morgan fingerprint density at radius 3 is 3.00 bits per heavy atom. The zero-order valence-corrected chi connectivity index (χ0v) is 6.51. The van der Waals surface area contributed by atoms with Gasteiger partial charge in [0, 0.05) is 11.1 Å². The lowest BCUT2D eigenvalue weighted by Crippen LogP contribution is -2.05. The molecule has 0 radical (unpaired) electrons. The number of nitrogens with zero attached hydrogens (tertiary/aromatic N) is 1. The first-order valence-electron chi connectivity index (χ1n) is 3.31. The zero-order valence-electron chi connectivity index (χ0n) is 5.75. The highest BCUT2D eigenvalue weighted by molar-refractivity contribution is 6.69. The molecule has 1 heterocycles. The summed E-state index contributed by atoms with van der Waals surface area (Å²) < 4.78 is 0. The average molecular weight is 168 g/mol. The first kappa shape index (κ1) is 6.68. The van der Waals surface area contributed by atoms with Crippen LogP contribution in [-0.2, 0) is 11.4 Å². The Hall–Kier alpha value is -1.02. The van der Waals surface area contributed by atoms with Crippen molar-refractivity contribution in [1.82, 2.24) is 0 Å². The van der Waals surface area contributed by atoms with Gasteiger partial charge in [-0.25, -0.2) is 0 Å². The van der Waals surface area contributed by atoms with E-state index in [4.69, 9.17) is 16.4 Å². The Balaban J connectivity index is 2.56. The SMILES string of the molecule is ClC1=NOCc2ccccc21. The molecular formula is C8H6ClNO. The van der Waals surface area contributed by atoms with E-state index in [2.05, 4.69) is 5.16 Å². The van der Waals surface area contributed by atoms with Crippen molar-refractivity contribution < 1.29 is 4.84 Å². The maximum atomic E-state index is 5.77. The summed E-state index contributed by atoms with van der Waals surface area (Å²) in [6.07, 6.45) is 0. The highest BCUT2D eigenvalue weighted by atomic mass is 35.5. The molecule has 1 aliphatic rings. The molecule has 0 aliphatic carbocycles. The van der Waals surface area contributed by atoms with E-state index in [0.29, 0.717) is 11.8 Å². The van der Waals surface area contributed by atoms with Crippen molar-refractivity contribution in [3.8, 4) is 0 Å². The van der Waals surface area contributed by atoms with Crippen molar-refractivity contribution in [2.75, 3.05) is 0 Å². The van der Waals surface area contributed by atoms with Gasteiger partial charge in [-0.05, 0) is 0 Å². The maximum Gasteiger partial charge on any atom is 0.175 e. The van der Waals surface area contributed by atoms with E-state index < -0.39 is 0 Å².